The minimum Gasteiger partial charge on any atom is -0.494 e. The third-order valence-corrected chi connectivity index (χ3v) is 5.47. The lowest BCUT2D eigenvalue weighted by Crippen LogP contribution is -2.42. The number of carbonyl (C=O) groups excluding carboxylic acids is 2. The third-order valence-electron chi connectivity index (χ3n) is 5.47. The van der Waals surface area contributed by atoms with Crippen LogP contribution in [0.25, 0.3) is 0 Å². The second kappa shape index (κ2) is 8.55. The van der Waals surface area contributed by atoms with Gasteiger partial charge in [0.2, 0.25) is 11.8 Å². The zero-order chi connectivity index (χ0) is 20.2. The SMILES string of the molecule is CCOc1ccc([C@@H]2CCCN2C(=O)CN2C(=O)CCOc3ccccc32)cc1. The van der Waals surface area contributed by atoms with E-state index in [0.29, 0.717) is 31.2 Å². The first-order valence-corrected chi connectivity index (χ1v) is 10.2. The number of para-hydroxylation sites is 2. The number of rotatable bonds is 5. The van der Waals surface area contributed by atoms with Crippen LogP contribution in [0.3, 0.4) is 0 Å². The summed E-state index contributed by atoms with van der Waals surface area (Å²) < 4.78 is 11.2. The van der Waals surface area contributed by atoms with E-state index in [2.05, 4.69) is 0 Å². The molecule has 2 amide bonds. The molecule has 29 heavy (non-hydrogen) atoms. The summed E-state index contributed by atoms with van der Waals surface area (Å²) in [5, 5.41) is 0. The Morgan fingerprint density at radius 2 is 1.97 bits per heavy atom. The number of nitrogens with zero attached hydrogens (tertiary/aromatic N) is 2. The van der Waals surface area contributed by atoms with Gasteiger partial charge >= 0.3 is 0 Å². The first-order chi connectivity index (χ1) is 14.2. The first-order valence-electron chi connectivity index (χ1n) is 10.2. The molecule has 0 unspecified atom stereocenters. The number of anilines is 1. The fraction of sp³-hybridized carbons (Fsp3) is 0.391. The van der Waals surface area contributed by atoms with Crippen LogP contribution < -0.4 is 14.4 Å². The largest absolute Gasteiger partial charge is 0.494 e. The van der Waals surface area contributed by atoms with Gasteiger partial charge < -0.3 is 14.4 Å². The molecule has 6 heteroatoms. The van der Waals surface area contributed by atoms with E-state index in [1.165, 1.54) is 0 Å². The quantitative estimate of drug-likeness (QED) is 0.778. The summed E-state index contributed by atoms with van der Waals surface area (Å²) in [6.45, 7) is 3.66. The number of hydrogen-bond acceptors (Lipinski definition) is 4. The van der Waals surface area contributed by atoms with Crippen molar-refractivity contribution in [2.24, 2.45) is 0 Å². The second-order valence-corrected chi connectivity index (χ2v) is 7.29. The van der Waals surface area contributed by atoms with E-state index in [1.807, 2.05) is 60.4 Å². The topological polar surface area (TPSA) is 59.1 Å². The van der Waals surface area contributed by atoms with Gasteiger partial charge in [-0.2, -0.15) is 0 Å². The van der Waals surface area contributed by atoms with Crippen molar-refractivity contribution in [1.82, 2.24) is 4.90 Å². The van der Waals surface area contributed by atoms with E-state index in [9.17, 15) is 9.59 Å². The first kappa shape index (κ1) is 19.3. The van der Waals surface area contributed by atoms with E-state index in [1.54, 1.807) is 4.90 Å². The van der Waals surface area contributed by atoms with Crippen LogP contribution in [-0.4, -0.2) is 43.0 Å². The van der Waals surface area contributed by atoms with Crippen LogP contribution in [0, 0.1) is 0 Å². The van der Waals surface area contributed by atoms with E-state index in [-0.39, 0.29) is 30.8 Å². The van der Waals surface area contributed by atoms with Gasteiger partial charge in [-0.1, -0.05) is 24.3 Å². The Morgan fingerprint density at radius 3 is 2.76 bits per heavy atom. The van der Waals surface area contributed by atoms with Crippen LogP contribution in [0.5, 0.6) is 11.5 Å². The molecule has 0 saturated carbocycles. The molecule has 152 valence electrons. The summed E-state index contributed by atoms with van der Waals surface area (Å²) in [6, 6.07) is 15.4. The Kier molecular flexibility index (Phi) is 5.69. The van der Waals surface area contributed by atoms with Crippen molar-refractivity contribution >= 4 is 17.5 Å². The van der Waals surface area contributed by atoms with Crippen LogP contribution >= 0.6 is 0 Å². The Labute approximate surface area is 171 Å². The van der Waals surface area contributed by atoms with Gasteiger partial charge in [0.05, 0.1) is 31.4 Å². The smallest absolute Gasteiger partial charge is 0.243 e. The minimum atomic E-state index is -0.0832. The van der Waals surface area contributed by atoms with E-state index < -0.39 is 0 Å². The molecule has 2 aliphatic rings. The molecule has 0 N–H and O–H groups in total. The molecule has 1 fully saturated rings. The van der Waals surface area contributed by atoms with E-state index in [4.69, 9.17) is 9.47 Å². The zero-order valence-corrected chi connectivity index (χ0v) is 16.7. The summed E-state index contributed by atoms with van der Waals surface area (Å²) in [4.78, 5) is 29.3. The Morgan fingerprint density at radius 1 is 1.17 bits per heavy atom. The van der Waals surface area contributed by atoms with Gasteiger partial charge in [-0.15, -0.1) is 0 Å². The standard InChI is InChI=1S/C23H26N2O4/c1-2-28-18-11-9-17(10-12-18)19-7-5-14-24(19)23(27)16-25-20-6-3-4-8-21(20)29-15-13-22(25)26/h3-4,6,8-12,19H,2,5,7,13-16H2,1H3/t19-/m0/s1. The van der Waals surface area contributed by atoms with Gasteiger partial charge in [0.1, 0.15) is 18.0 Å². The molecule has 0 radical (unpaired) electrons. The highest BCUT2D eigenvalue weighted by atomic mass is 16.5. The van der Waals surface area contributed by atoms with Crippen LogP contribution in [0.4, 0.5) is 5.69 Å². The predicted octanol–water partition coefficient (Wildman–Crippen LogP) is 3.56. The third kappa shape index (κ3) is 4.06. The second-order valence-electron chi connectivity index (χ2n) is 7.29. The van der Waals surface area contributed by atoms with Crippen LogP contribution in [0.15, 0.2) is 48.5 Å². The lowest BCUT2D eigenvalue weighted by molar-refractivity contribution is -0.132. The van der Waals surface area contributed by atoms with Crippen molar-refractivity contribution in [1.29, 1.82) is 0 Å². The van der Waals surface area contributed by atoms with Gasteiger partial charge in [0, 0.05) is 6.54 Å². The van der Waals surface area contributed by atoms with Crippen molar-refractivity contribution in [3.05, 3.63) is 54.1 Å². The molecule has 0 aliphatic carbocycles. The van der Waals surface area contributed by atoms with Crippen LogP contribution in [0.2, 0.25) is 0 Å². The molecular weight excluding hydrogens is 368 g/mol. The highest BCUT2D eigenvalue weighted by Gasteiger charge is 2.33. The lowest BCUT2D eigenvalue weighted by Gasteiger charge is -2.29. The number of fused-ring (bicyclic) bond motifs is 1. The fourth-order valence-electron chi connectivity index (χ4n) is 4.08. The molecule has 1 atom stereocenters. The molecule has 6 nitrogen and oxygen atoms in total. The van der Waals surface area contributed by atoms with Crippen molar-refractivity contribution in [2.75, 3.05) is 31.2 Å². The summed E-state index contributed by atoms with van der Waals surface area (Å²) in [5.74, 6) is 1.36. The lowest BCUT2D eigenvalue weighted by atomic mass is 10.0. The predicted molar refractivity (Wildman–Crippen MR) is 110 cm³/mol. The molecule has 2 heterocycles. The number of amides is 2. The highest BCUT2D eigenvalue weighted by molar-refractivity contribution is 6.00. The van der Waals surface area contributed by atoms with Gasteiger partial charge in [-0.05, 0) is 49.6 Å². The van der Waals surface area contributed by atoms with Gasteiger partial charge in [-0.3, -0.25) is 14.5 Å². The molecule has 0 spiro atoms. The Balaban J connectivity index is 1.52. The molecule has 0 aromatic heterocycles. The van der Waals surface area contributed by atoms with Gasteiger partial charge in [0.25, 0.3) is 0 Å². The number of likely N-dealkylation sites (tertiary alicyclic amines) is 1. The summed E-state index contributed by atoms with van der Waals surface area (Å²) in [6.07, 6.45) is 2.15. The average molecular weight is 394 g/mol. The number of ether oxygens (including phenoxy) is 2. The molecule has 2 aromatic rings. The summed E-state index contributed by atoms with van der Waals surface area (Å²) >= 11 is 0. The van der Waals surface area contributed by atoms with Gasteiger partial charge in [0.15, 0.2) is 0 Å². The maximum Gasteiger partial charge on any atom is 0.243 e. The number of carbonyl (C=O) groups is 2. The number of hydrogen-bond donors (Lipinski definition) is 0. The molecular formula is C23H26N2O4. The maximum atomic E-state index is 13.2. The normalized spacial score (nSPS) is 18.8. The zero-order valence-electron chi connectivity index (χ0n) is 16.7. The molecule has 1 saturated heterocycles. The highest BCUT2D eigenvalue weighted by Crippen LogP contribution is 2.35. The monoisotopic (exact) mass is 394 g/mol. The maximum absolute atomic E-state index is 13.2. The van der Waals surface area contributed by atoms with Gasteiger partial charge in [-0.25, -0.2) is 0 Å². The van der Waals surface area contributed by atoms with Crippen molar-refractivity contribution in [3.8, 4) is 11.5 Å². The molecule has 2 aliphatic heterocycles. The van der Waals surface area contributed by atoms with Crippen LogP contribution in [0.1, 0.15) is 37.8 Å². The van der Waals surface area contributed by atoms with Crippen molar-refractivity contribution in [2.45, 2.75) is 32.2 Å². The fourth-order valence-corrected chi connectivity index (χ4v) is 4.08. The Hall–Kier alpha value is -3.02. The van der Waals surface area contributed by atoms with Crippen molar-refractivity contribution < 1.29 is 19.1 Å². The number of benzene rings is 2. The molecule has 4 rings (SSSR count). The molecule has 2 aromatic carbocycles. The van der Waals surface area contributed by atoms with Crippen LogP contribution in [-0.2, 0) is 9.59 Å². The summed E-state index contributed by atoms with van der Waals surface area (Å²) in [5.41, 5.74) is 1.77. The van der Waals surface area contributed by atoms with E-state index in [0.717, 1.165) is 24.2 Å². The Bertz CT molecular complexity index is 881. The minimum absolute atomic E-state index is 0.0340. The summed E-state index contributed by atoms with van der Waals surface area (Å²) in [7, 11) is 0. The average Bonchev–Trinajstić information content (AvgIpc) is 3.17. The van der Waals surface area contributed by atoms with E-state index >= 15 is 0 Å². The van der Waals surface area contributed by atoms with Crippen molar-refractivity contribution in [3.63, 3.8) is 0 Å². The molecule has 0 bridgehead atoms.